The number of hydrogen-bond acceptors (Lipinski definition) is 6. The summed E-state index contributed by atoms with van der Waals surface area (Å²) in [6.07, 6.45) is 3.65. The Labute approximate surface area is 183 Å². The maximum absolute atomic E-state index is 6.51. The van der Waals surface area contributed by atoms with Crippen LogP contribution in [0.4, 0.5) is 0 Å². The monoisotopic (exact) mass is 464 g/mol. The van der Waals surface area contributed by atoms with E-state index in [4.69, 9.17) is 18.6 Å². The smallest absolute Gasteiger partial charge is 0.405 e. The fourth-order valence-electron chi connectivity index (χ4n) is 4.29. The van der Waals surface area contributed by atoms with Crippen LogP contribution in [-0.2, 0) is 18.6 Å². The van der Waals surface area contributed by atoms with Crippen LogP contribution in [0.2, 0.25) is 0 Å². The van der Waals surface area contributed by atoms with Crippen molar-refractivity contribution in [2.45, 2.75) is 96.6 Å². The maximum Gasteiger partial charge on any atom is 0.488 e. The highest BCUT2D eigenvalue weighted by molar-refractivity contribution is 9.10. The lowest BCUT2D eigenvalue weighted by molar-refractivity contribution is -0.0199. The summed E-state index contributed by atoms with van der Waals surface area (Å²) >= 11 is 3.66. The standard InChI is InChI=1S/C20H31B2BrN2O4/c1-12-15(23)16(25-11-24-12)14-9-13(14)10-20(8)19(6,7)28-22(29-20)21-26-17(2,3)18(4,5)27-21/h11,13-14H,9-10H2,1-8H3. The van der Waals surface area contributed by atoms with Crippen molar-refractivity contribution in [3.63, 3.8) is 0 Å². The topological polar surface area (TPSA) is 62.7 Å². The van der Waals surface area contributed by atoms with E-state index in [9.17, 15) is 0 Å². The van der Waals surface area contributed by atoms with Crippen molar-refractivity contribution in [1.82, 2.24) is 9.97 Å². The van der Waals surface area contributed by atoms with Crippen molar-refractivity contribution in [1.29, 1.82) is 0 Å². The molecule has 6 nitrogen and oxygen atoms in total. The molecule has 1 saturated carbocycles. The van der Waals surface area contributed by atoms with Crippen LogP contribution in [0.1, 0.15) is 78.6 Å². The van der Waals surface area contributed by atoms with E-state index in [1.54, 1.807) is 6.33 Å². The minimum Gasteiger partial charge on any atom is -0.405 e. The molecule has 0 bridgehead atoms. The van der Waals surface area contributed by atoms with Crippen molar-refractivity contribution in [2.75, 3.05) is 0 Å². The van der Waals surface area contributed by atoms with Crippen LogP contribution >= 0.6 is 15.9 Å². The Morgan fingerprint density at radius 1 is 0.931 bits per heavy atom. The van der Waals surface area contributed by atoms with Crippen LogP contribution in [-0.4, -0.2) is 46.4 Å². The van der Waals surface area contributed by atoms with Gasteiger partial charge in [0.15, 0.2) is 0 Å². The number of aryl methyl sites for hydroxylation is 1. The number of hydrogen-bond donors (Lipinski definition) is 0. The van der Waals surface area contributed by atoms with E-state index in [1.807, 2.05) is 34.6 Å². The fraction of sp³-hybridized carbons (Fsp3) is 0.800. The SMILES string of the molecule is Cc1ncnc(C2CC2CC2(C)OB(B3OC(C)(C)C(C)(C)O3)OC2(C)C)c1Br. The number of rotatable bonds is 4. The van der Waals surface area contributed by atoms with Gasteiger partial charge in [-0.25, -0.2) is 9.97 Å². The zero-order valence-corrected chi connectivity index (χ0v) is 20.3. The van der Waals surface area contributed by atoms with Gasteiger partial charge in [0.1, 0.15) is 6.33 Å². The number of aromatic nitrogens is 2. The minimum absolute atomic E-state index is 0.410. The van der Waals surface area contributed by atoms with E-state index in [-0.39, 0.29) is 0 Å². The molecule has 0 aromatic carbocycles. The molecule has 1 aliphatic carbocycles. The molecule has 29 heavy (non-hydrogen) atoms. The van der Waals surface area contributed by atoms with Crippen molar-refractivity contribution in [3.05, 3.63) is 22.2 Å². The zero-order chi connectivity index (χ0) is 21.4. The van der Waals surface area contributed by atoms with Gasteiger partial charge in [0, 0.05) is 5.92 Å². The van der Waals surface area contributed by atoms with Crippen molar-refractivity contribution in [2.24, 2.45) is 5.92 Å². The lowest BCUT2D eigenvalue weighted by Crippen LogP contribution is -2.45. The normalized spacial score (nSPS) is 34.7. The van der Waals surface area contributed by atoms with Gasteiger partial charge in [-0.05, 0) is 90.1 Å². The summed E-state index contributed by atoms with van der Waals surface area (Å²) in [5.74, 6) is 0.934. The van der Waals surface area contributed by atoms with Crippen LogP contribution < -0.4 is 0 Å². The number of nitrogens with zero attached hydrogens (tertiary/aromatic N) is 2. The average Bonchev–Trinajstić information content (AvgIpc) is 3.22. The van der Waals surface area contributed by atoms with Crippen molar-refractivity contribution < 1.29 is 18.6 Å². The molecule has 3 fully saturated rings. The fourth-order valence-corrected chi connectivity index (χ4v) is 4.78. The van der Waals surface area contributed by atoms with E-state index in [2.05, 4.69) is 46.7 Å². The molecule has 2 aliphatic heterocycles. The van der Waals surface area contributed by atoms with Crippen LogP contribution in [0, 0.1) is 12.8 Å². The predicted molar refractivity (Wildman–Crippen MR) is 116 cm³/mol. The third-order valence-corrected chi connectivity index (χ3v) is 8.45. The predicted octanol–water partition coefficient (Wildman–Crippen LogP) is 4.28. The first kappa shape index (κ1) is 21.8. The molecule has 0 radical (unpaired) electrons. The zero-order valence-electron chi connectivity index (χ0n) is 18.7. The van der Waals surface area contributed by atoms with Gasteiger partial charge >= 0.3 is 14.0 Å². The average molecular weight is 465 g/mol. The summed E-state index contributed by atoms with van der Waals surface area (Å²) < 4.78 is 26.2. The molecule has 2 saturated heterocycles. The second-order valence-corrected chi connectivity index (χ2v) is 11.2. The molecule has 0 spiro atoms. The summed E-state index contributed by atoms with van der Waals surface area (Å²) in [4.78, 5) is 8.79. The lowest BCUT2D eigenvalue weighted by Gasteiger charge is -2.37. The molecule has 3 atom stereocenters. The van der Waals surface area contributed by atoms with Gasteiger partial charge in [0.2, 0.25) is 0 Å². The maximum atomic E-state index is 6.51. The van der Waals surface area contributed by atoms with Gasteiger partial charge in [0.05, 0.1) is 38.3 Å². The second kappa shape index (κ2) is 6.76. The Balaban J connectivity index is 1.46. The molecule has 3 heterocycles. The Morgan fingerprint density at radius 2 is 1.48 bits per heavy atom. The molecular formula is C20H31B2BrN2O4. The summed E-state index contributed by atoms with van der Waals surface area (Å²) in [7, 11) is -1.07. The van der Waals surface area contributed by atoms with E-state index in [0.717, 1.165) is 28.7 Å². The first-order valence-corrected chi connectivity index (χ1v) is 11.2. The van der Waals surface area contributed by atoms with E-state index in [1.165, 1.54) is 0 Å². The second-order valence-electron chi connectivity index (χ2n) is 10.4. The Bertz CT molecular complexity index is 806. The molecule has 3 aliphatic rings. The van der Waals surface area contributed by atoms with Gasteiger partial charge in [-0.15, -0.1) is 0 Å². The molecule has 1 aromatic heterocycles. The summed E-state index contributed by atoms with van der Waals surface area (Å²) in [6.45, 7) is 16.5. The Hall–Kier alpha value is -0.470. The van der Waals surface area contributed by atoms with Gasteiger partial charge in [-0.1, -0.05) is 0 Å². The van der Waals surface area contributed by atoms with Gasteiger partial charge in [0.25, 0.3) is 0 Å². The molecule has 3 unspecified atom stereocenters. The Kier molecular flexibility index (Phi) is 5.07. The highest BCUT2D eigenvalue weighted by atomic mass is 79.9. The van der Waals surface area contributed by atoms with Crippen LogP contribution in [0.15, 0.2) is 10.8 Å². The minimum atomic E-state index is -0.540. The lowest BCUT2D eigenvalue weighted by atomic mass is 9.49. The van der Waals surface area contributed by atoms with E-state index < -0.39 is 36.4 Å². The van der Waals surface area contributed by atoms with Crippen molar-refractivity contribution in [3.8, 4) is 0 Å². The number of halogens is 1. The summed E-state index contributed by atoms with van der Waals surface area (Å²) in [6, 6.07) is 0. The van der Waals surface area contributed by atoms with Crippen molar-refractivity contribution >= 4 is 29.9 Å². The third-order valence-electron chi connectivity index (χ3n) is 7.47. The molecular weight excluding hydrogens is 434 g/mol. The molecule has 1 aromatic rings. The molecule has 0 N–H and O–H groups in total. The van der Waals surface area contributed by atoms with Crippen LogP contribution in [0.5, 0.6) is 0 Å². The van der Waals surface area contributed by atoms with Gasteiger partial charge < -0.3 is 18.6 Å². The molecule has 158 valence electrons. The molecule has 4 rings (SSSR count). The van der Waals surface area contributed by atoms with Gasteiger partial charge in [-0.3, -0.25) is 0 Å². The first-order chi connectivity index (χ1) is 13.3. The van der Waals surface area contributed by atoms with Gasteiger partial charge in [-0.2, -0.15) is 0 Å². The van der Waals surface area contributed by atoms with Crippen LogP contribution in [0.3, 0.4) is 0 Å². The summed E-state index contributed by atoms with van der Waals surface area (Å²) in [5.41, 5.74) is 0.375. The van der Waals surface area contributed by atoms with Crippen LogP contribution in [0.25, 0.3) is 0 Å². The molecule has 0 amide bonds. The Morgan fingerprint density at radius 3 is 2.10 bits per heavy atom. The largest absolute Gasteiger partial charge is 0.488 e. The molecule has 9 heteroatoms. The summed E-state index contributed by atoms with van der Waals surface area (Å²) in [5, 5.41) is 0. The highest BCUT2D eigenvalue weighted by Gasteiger charge is 2.65. The van der Waals surface area contributed by atoms with E-state index >= 15 is 0 Å². The van der Waals surface area contributed by atoms with E-state index in [0.29, 0.717) is 11.8 Å². The quantitative estimate of drug-likeness (QED) is 0.619. The highest BCUT2D eigenvalue weighted by Crippen LogP contribution is 2.56. The first-order valence-electron chi connectivity index (χ1n) is 10.4. The third kappa shape index (κ3) is 3.61.